The fraction of sp³-hybridized carbons (Fsp3) is 0.0833. The number of benzene rings is 3. The van der Waals surface area contributed by atoms with Crippen LogP contribution in [0.2, 0.25) is 0 Å². The van der Waals surface area contributed by atoms with E-state index >= 15 is 0 Å². The first-order valence-electron chi connectivity index (χ1n) is 9.98. The Morgan fingerprint density at radius 1 is 0.912 bits per heavy atom. The average Bonchev–Trinajstić information content (AvgIpc) is 3.12. The standard InChI is InChI=1S/C24H13F2NO7/c25-15-6-13-19(8-17(15)28)34-20-9-18(29)16(26)7-14(20)23(13)11-2-1-10(5-12(11)24(32)33)27-21(30)3-4-22(27)31/h1-2,5-9,28H,3-4H2,(H,32,33). The number of carboxylic acids is 1. The van der Waals surface area contributed by atoms with Crippen LogP contribution in [-0.2, 0) is 9.59 Å². The van der Waals surface area contributed by atoms with Crippen LogP contribution in [0.3, 0.4) is 0 Å². The van der Waals surface area contributed by atoms with Gasteiger partial charge in [-0.15, -0.1) is 0 Å². The third-order valence-corrected chi connectivity index (χ3v) is 5.65. The lowest BCUT2D eigenvalue weighted by Crippen LogP contribution is -2.28. The van der Waals surface area contributed by atoms with Crippen LogP contribution in [-0.4, -0.2) is 28.0 Å². The molecular formula is C24H13F2NO7. The Balaban J connectivity index is 1.88. The van der Waals surface area contributed by atoms with Gasteiger partial charge in [-0.25, -0.2) is 13.6 Å². The summed E-state index contributed by atoms with van der Waals surface area (Å²) in [5.41, 5.74) is -1.39. The Morgan fingerprint density at radius 2 is 1.62 bits per heavy atom. The fourth-order valence-electron chi connectivity index (χ4n) is 4.12. The molecule has 2 aromatic carbocycles. The van der Waals surface area contributed by atoms with Gasteiger partial charge in [0.05, 0.1) is 11.3 Å². The highest BCUT2D eigenvalue weighted by molar-refractivity contribution is 6.20. The molecule has 2 amide bonds. The molecule has 8 nitrogen and oxygen atoms in total. The van der Waals surface area contributed by atoms with E-state index in [4.69, 9.17) is 4.42 Å². The summed E-state index contributed by atoms with van der Waals surface area (Å²) in [7, 11) is 0. The zero-order valence-electron chi connectivity index (χ0n) is 17.1. The van der Waals surface area contributed by atoms with E-state index < -0.39 is 40.6 Å². The number of carboxylic acid groups (broad SMARTS) is 1. The SMILES string of the molecule is O=C(O)c1cc(N2C(=O)CCC2=O)ccc1-c1c2cc(F)c(=O)cc-2oc2cc(O)c(F)cc12. The van der Waals surface area contributed by atoms with Gasteiger partial charge >= 0.3 is 5.97 Å². The Kier molecular flexibility index (Phi) is 4.67. The molecule has 10 heteroatoms. The van der Waals surface area contributed by atoms with E-state index in [-0.39, 0.29) is 57.5 Å². The molecule has 2 heterocycles. The van der Waals surface area contributed by atoms with E-state index in [2.05, 4.69) is 0 Å². The van der Waals surface area contributed by atoms with Gasteiger partial charge < -0.3 is 14.6 Å². The lowest BCUT2D eigenvalue weighted by Gasteiger charge is -2.19. The fourth-order valence-corrected chi connectivity index (χ4v) is 4.12. The second kappa shape index (κ2) is 7.48. The summed E-state index contributed by atoms with van der Waals surface area (Å²) < 4.78 is 34.1. The lowest BCUT2D eigenvalue weighted by atomic mass is 9.90. The Bertz CT molecular complexity index is 1570. The summed E-state index contributed by atoms with van der Waals surface area (Å²) in [5, 5.41) is 19.7. The van der Waals surface area contributed by atoms with Crippen molar-refractivity contribution in [2.24, 2.45) is 0 Å². The quantitative estimate of drug-likeness (QED) is 0.347. The molecule has 0 atom stereocenters. The highest BCUT2D eigenvalue weighted by Gasteiger charge is 2.32. The third-order valence-electron chi connectivity index (χ3n) is 5.65. The molecule has 1 aliphatic carbocycles. The van der Waals surface area contributed by atoms with Gasteiger partial charge in [-0.1, -0.05) is 6.07 Å². The van der Waals surface area contributed by atoms with Crippen molar-refractivity contribution >= 4 is 34.4 Å². The van der Waals surface area contributed by atoms with Gasteiger partial charge in [0.2, 0.25) is 17.2 Å². The molecule has 1 fully saturated rings. The molecule has 0 spiro atoms. The first kappa shape index (κ1) is 21.3. The van der Waals surface area contributed by atoms with Gasteiger partial charge in [-0.05, 0) is 29.8 Å². The molecule has 0 radical (unpaired) electrons. The van der Waals surface area contributed by atoms with Crippen molar-refractivity contribution in [2.45, 2.75) is 12.8 Å². The smallest absolute Gasteiger partial charge is 0.336 e. The highest BCUT2D eigenvalue weighted by Crippen LogP contribution is 2.43. The minimum atomic E-state index is -1.43. The Labute approximate surface area is 188 Å². The molecule has 5 rings (SSSR count). The third kappa shape index (κ3) is 3.19. The zero-order valence-corrected chi connectivity index (χ0v) is 17.1. The first-order chi connectivity index (χ1) is 16.2. The van der Waals surface area contributed by atoms with Gasteiger partial charge in [0.15, 0.2) is 17.4 Å². The van der Waals surface area contributed by atoms with E-state index in [1.54, 1.807) is 0 Å². The van der Waals surface area contributed by atoms with E-state index in [0.717, 1.165) is 35.2 Å². The number of nitrogens with zero attached hydrogens (tertiary/aromatic N) is 1. The summed E-state index contributed by atoms with van der Waals surface area (Å²) in [6.45, 7) is 0. The molecule has 0 bridgehead atoms. The van der Waals surface area contributed by atoms with Gasteiger partial charge in [0.1, 0.15) is 11.3 Å². The molecule has 34 heavy (non-hydrogen) atoms. The largest absolute Gasteiger partial charge is 0.505 e. The number of carbonyl (C=O) groups excluding carboxylic acids is 2. The normalized spacial score (nSPS) is 13.9. The zero-order chi connectivity index (χ0) is 24.3. The van der Waals surface area contributed by atoms with Crippen molar-refractivity contribution in [1.82, 2.24) is 0 Å². The molecule has 170 valence electrons. The summed E-state index contributed by atoms with van der Waals surface area (Å²) in [6, 6.07) is 7.35. The van der Waals surface area contributed by atoms with Crippen LogP contribution in [0.15, 0.2) is 51.7 Å². The van der Waals surface area contributed by atoms with Crippen molar-refractivity contribution in [3.05, 3.63) is 69.9 Å². The number of hydrogen-bond donors (Lipinski definition) is 2. The molecule has 2 aromatic rings. The first-order valence-corrected chi connectivity index (χ1v) is 9.98. The summed E-state index contributed by atoms with van der Waals surface area (Å²) in [4.78, 5) is 49.2. The van der Waals surface area contributed by atoms with E-state index in [1.165, 1.54) is 12.1 Å². The summed E-state index contributed by atoms with van der Waals surface area (Å²) >= 11 is 0. The number of halogens is 2. The second-order valence-corrected chi connectivity index (χ2v) is 7.71. The number of phenolic OH excluding ortho intramolecular Hbond substituents is 1. The molecule has 0 saturated carbocycles. The van der Waals surface area contributed by atoms with Crippen LogP contribution in [0.4, 0.5) is 14.5 Å². The average molecular weight is 465 g/mol. The van der Waals surface area contributed by atoms with Crippen molar-refractivity contribution < 1.29 is 37.8 Å². The van der Waals surface area contributed by atoms with Crippen LogP contribution in [0.1, 0.15) is 23.2 Å². The van der Waals surface area contributed by atoms with E-state index in [0.29, 0.717) is 0 Å². The van der Waals surface area contributed by atoms with Crippen LogP contribution >= 0.6 is 0 Å². The van der Waals surface area contributed by atoms with E-state index in [9.17, 15) is 38.2 Å². The number of anilines is 1. The molecule has 2 aliphatic heterocycles. The van der Waals surface area contributed by atoms with Crippen molar-refractivity contribution in [1.29, 1.82) is 0 Å². The number of aromatic hydroxyl groups is 1. The number of rotatable bonds is 3. The number of amides is 2. The lowest BCUT2D eigenvalue weighted by molar-refractivity contribution is -0.121. The second-order valence-electron chi connectivity index (χ2n) is 7.71. The molecule has 1 saturated heterocycles. The Morgan fingerprint density at radius 3 is 2.29 bits per heavy atom. The van der Waals surface area contributed by atoms with Crippen LogP contribution in [0.5, 0.6) is 5.75 Å². The van der Waals surface area contributed by atoms with Gasteiger partial charge in [0, 0.05) is 41.5 Å². The highest BCUT2D eigenvalue weighted by atomic mass is 19.1. The minimum absolute atomic E-state index is 0.00195. The van der Waals surface area contributed by atoms with Crippen LogP contribution in [0.25, 0.3) is 33.4 Å². The van der Waals surface area contributed by atoms with Crippen molar-refractivity contribution in [3.63, 3.8) is 0 Å². The van der Waals surface area contributed by atoms with Crippen molar-refractivity contribution in [3.8, 4) is 28.2 Å². The minimum Gasteiger partial charge on any atom is -0.505 e. The summed E-state index contributed by atoms with van der Waals surface area (Å²) in [6.07, 6.45) is -0.00391. The van der Waals surface area contributed by atoms with Gasteiger partial charge in [0.25, 0.3) is 0 Å². The molecule has 0 aromatic heterocycles. The Hall–Kier alpha value is -4.60. The maximum atomic E-state index is 14.3. The number of carbonyl (C=O) groups is 3. The van der Waals surface area contributed by atoms with Crippen LogP contribution < -0.4 is 10.3 Å². The molecule has 3 aliphatic rings. The summed E-state index contributed by atoms with van der Waals surface area (Å²) in [5.74, 6) is -5.43. The van der Waals surface area contributed by atoms with E-state index in [1.807, 2.05) is 0 Å². The maximum absolute atomic E-state index is 14.3. The molecule has 0 unspecified atom stereocenters. The van der Waals surface area contributed by atoms with Crippen molar-refractivity contribution in [2.75, 3.05) is 4.90 Å². The number of phenols is 1. The number of hydrogen-bond acceptors (Lipinski definition) is 6. The predicted octanol–water partition coefficient (Wildman–Crippen LogP) is 3.90. The number of aromatic carboxylic acids is 1. The maximum Gasteiger partial charge on any atom is 0.336 e. The van der Waals surface area contributed by atoms with Gasteiger partial charge in [-0.2, -0.15) is 0 Å². The number of imide groups is 1. The number of fused-ring (bicyclic) bond motifs is 2. The van der Waals surface area contributed by atoms with Crippen LogP contribution in [0, 0.1) is 11.6 Å². The monoisotopic (exact) mass is 465 g/mol. The molecular weight excluding hydrogens is 452 g/mol. The molecule has 2 N–H and O–H groups in total. The predicted molar refractivity (Wildman–Crippen MR) is 115 cm³/mol. The van der Waals surface area contributed by atoms with Gasteiger partial charge in [-0.3, -0.25) is 19.3 Å². The topological polar surface area (TPSA) is 125 Å².